The molecule has 0 radical (unpaired) electrons. The van der Waals surface area contributed by atoms with Crippen LogP contribution in [-0.4, -0.2) is 25.5 Å². The highest BCUT2D eigenvalue weighted by molar-refractivity contribution is 6.30. The first-order valence-electron chi connectivity index (χ1n) is 7.95. The van der Waals surface area contributed by atoms with Gasteiger partial charge in [0.2, 0.25) is 0 Å². The minimum atomic E-state index is -0.718. The van der Waals surface area contributed by atoms with Crippen LogP contribution < -0.4 is 0 Å². The van der Waals surface area contributed by atoms with Crippen LogP contribution in [0.25, 0.3) is 0 Å². The standard InChI is InChI=1S/C17H22ClN3O/c18-16-7-5-14(6-8-16)10-15-4-2-1-3-9-17(15,22)11-21-13-19-12-20-21/h5-8,12-13,15,22H,1-4,9-11H2/t15-,17+/m0/s1. The number of halogens is 1. The molecule has 1 saturated carbocycles. The van der Waals surface area contributed by atoms with Gasteiger partial charge in [0.15, 0.2) is 0 Å². The van der Waals surface area contributed by atoms with E-state index in [1.165, 1.54) is 24.7 Å². The fraction of sp³-hybridized carbons (Fsp3) is 0.529. The Hall–Kier alpha value is -1.39. The highest BCUT2D eigenvalue weighted by Crippen LogP contribution is 2.36. The fourth-order valence-electron chi connectivity index (χ4n) is 3.47. The molecular weight excluding hydrogens is 298 g/mol. The van der Waals surface area contributed by atoms with Crippen molar-refractivity contribution in [3.63, 3.8) is 0 Å². The molecule has 2 atom stereocenters. The van der Waals surface area contributed by atoms with Gasteiger partial charge in [-0.3, -0.25) is 4.68 Å². The molecule has 22 heavy (non-hydrogen) atoms. The molecule has 1 fully saturated rings. The van der Waals surface area contributed by atoms with Crippen LogP contribution in [0.15, 0.2) is 36.9 Å². The Bertz CT molecular complexity index is 584. The van der Waals surface area contributed by atoms with Gasteiger partial charge in [0, 0.05) is 5.02 Å². The summed E-state index contributed by atoms with van der Waals surface area (Å²) < 4.78 is 1.75. The molecule has 3 rings (SSSR count). The van der Waals surface area contributed by atoms with Crippen molar-refractivity contribution in [2.45, 2.75) is 50.7 Å². The Morgan fingerprint density at radius 2 is 2.05 bits per heavy atom. The SMILES string of the molecule is O[C@@]1(Cn2cncn2)CCCCC[C@H]1Cc1ccc(Cl)cc1. The van der Waals surface area contributed by atoms with Crippen molar-refractivity contribution in [1.29, 1.82) is 0 Å². The maximum absolute atomic E-state index is 11.3. The number of hydrogen-bond donors (Lipinski definition) is 1. The van der Waals surface area contributed by atoms with Gasteiger partial charge in [0.05, 0.1) is 12.1 Å². The van der Waals surface area contributed by atoms with Gasteiger partial charge in [-0.15, -0.1) is 0 Å². The third kappa shape index (κ3) is 3.68. The monoisotopic (exact) mass is 319 g/mol. The molecule has 1 aliphatic carbocycles. The minimum Gasteiger partial charge on any atom is -0.388 e. The Morgan fingerprint density at radius 3 is 2.77 bits per heavy atom. The van der Waals surface area contributed by atoms with Gasteiger partial charge in [-0.2, -0.15) is 5.10 Å². The molecule has 0 aliphatic heterocycles. The van der Waals surface area contributed by atoms with E-state index in [1.54, 1.807) is 11.0 Å². The van der Waals surface area contributed by atoms with Crippen molar-refractivity contribution in [3.05, 3.63) is 47.5 Å². The summed E-state index contributed by atoms with van der Waals surface area (Å²) >= 11 is 5.96. The fourth-order valence-corrected chi connectivity index (χ4v) is 3.60. The Morgan fingerprint density at radius 1 is 1.23 bits per heavy atom. The molecule has 2 aromatic rings. The lowest BCUT2D eigenvalue weighted by molar-refractivity contribution is -0.0421. The van der Waals surface area contributed by atoms with Crippen molar-refractivity contribution in [2.75, 3.05) is 0 Å². The van der Waals surface area contributed by atoms with Crippen molar-refractivity contribution < 1.29 is 5.11 Å². The first kappa shape index (κ1) is 15.5. The molecule has 1 aromatic heterocycles. The first-order chi connectivity index (χ1) is 10.7. The Labute approximate surface area is 136 Å². The smallest absolute Gasteiger partial charge is 0.137 e. The van der Waals surface area contributed by atoms with E-state index in [1.807, 2.05) is 12.1 Å². The zero-order valence-corrected chi connectivity index (χ0v) is 13.4. The van der Waals surface area contributed by atoms with Crippen molar-refractivity contribution >= 4 is 11.6 Å². The van der Waals surface area contributed by atoms with E-state index in [4.69, 9.17) is 11.6 Å². The molecular formula is C17H22ClN3O. The number of hydrogen-bond acceptors (Lipinski definition) is 3. The molecule has 4 nitrogen and oxygen atoms in total. The average molecular weight is 320 g/mol. The van der Waals surface area contributed by atoms with Crippen LogP contribution in [0.2, 0.25) is 5.02 Å². The first-order valence-corrected chi connectivity index (χ1v) is 8.33. The Balaban J connectivity index is 1.79. The van der Waals surface area contributed by atoms with E-state index in [0.717, 1.165) is 30.7 Å². The normalized spacial score (nSPS) is 25.8. The van der Waals surface area contributed by atoms with Gasteiger partial charge in [0.25, 0.3) is 0 Å². The molecule has 1 aromatic carbocycles. The summed E-state index contributed by atoms with van der Waals surface area (Å²) in [4.78, 5) is 3.99. The Kier molecular flexibility index (Phi) is 4.79. The molecule has 5 heteroatoms. The van der Waals surface area contributed by atoms with E-state index in [-0.39, 0.29) is 5.92 Å². The molecule has 1 heterocycles. The highest BCUT2D eigenvalue weighted by atomic mass is 35.5. The van der Waals surface area contributed by atoms with Gasteiger partial charge in [-0.1, -0.05) is 43.0 Å². The molecule has 0 spiro atoms. The maximum atomic E-state index is 11.3. The number of nitrogens with zero attached hydrogens (tertiary/aromatic N) is 3. The van der Waals surface area contributed by atoms with Gasteiger partial charge in [-0.05, 0) is 42.9 Å². The molecule has 118 valence electrons. The van der Waals surface area contributed by atoms with Crippen LogP contribution in [0, 0.1) is 5.92 Å². The number of rotatable bonds is 4. The quantitative estimate of drug-likeness (QED) is 0.878. The van der Waals surface area contributed by atoms with Crippen LogP contribution in [0.5, 0.6) is 0 Å². The van der Waals surface area contributed by atoms with Crippen LogP contribution in [0.3, 0.4) is 0 Å². The predicted molar refractivity (Wildman–Crippen MR) is 86.7 cm³/mol. The topological polar surface area (TPSA) is 50.9 Å². The maximum Gasteiger partial charge on any atom is 0.137 e. The predicted octanol–water partition coefficient (Wildman–Crippen LogP) is 3.49. The summed E-state index contributed by atoms with van der Waals surface area (Å²) in [7, 11) is 0. The lowest BCUT2D eigenvalue weighted by Gasteiger charge is -2.35. The van der Waals surface area contributed by atoms with Crippen molar-refractivity contribution in [1.82, 2.24) is 14.8 Å². The van der Waals surface area contributed by atoms with Gasteiger partial charge < -0.3 is 5.11 Å². The summed E-state index contributed by atoms with van der Waals surface area (Å²) in [6, 6.07) is 7.96. The van der Waals surface area contributed by atoms with E-state index >= 15 is 0 Å². The van der Waals surface area contributed by atoms with Crippen LogP contribution in [0.4, 0.5) is 0 Å². The second-order valence-electron chi connectivity index (χ2n) is 6.32. The molecule has 0 unspecified atom stereocenters. The largest absolute Gasteiger partial charge is 0.388 e. The van der Waals surface area contributed by atoms with E-state index in [9.17, 15) is 5.11 Å². The second kappa shape index (κ2) is 6.80. The molecule has 0 bridgehead atoms. The average Bonchev–Trinajstić information content (AvgIpc) is 2.93. The second-order valence-corrected chi connectivity index (χ2v) is 6.76. The minimum absolute atomic E-state index is 0.236. The van der Waals surface area contributed by atoms with Crippen LogP contribution in [-0.2, 0) is 13.0 Å². The van der Waals surface area contributed by atoms with E-state index in [2.05, 4.69) is 22.2 Å². The third-order valence-electron chi connectivity index (χ3n) is 4.72. The molecule has 1 aliphatic rings. The molecule has 0 saturated heterocycles. The van der Waals surface area contributed by atoms with E-state index < -0.39 is 5.60 Å². The van der Waals surface area contributed by atoms with Gasteiger partial charge >= 0.3 is 0 Å². The van der Waals surface area contributed by atoms with E-state index in [0.29, 0.717) is 6.54 Å². The number of benzene rings is 1. The summed E-state index contributed by atoms with van der Waals surface area (Å²) in [6.45, 7) is 0.519. The lowest BCUT2D eigenvalue weighted by atomic mass is 9.79. The zero-order chi connectivity index (χ0) is 15.4. The zero-order valence-electron chi connectivity index (χ0n) is 12.7. The summed E-state index contributed by atoms with van der Waals surface area (Å²) in [5.41, 5.74) is 0.512. The van der Waals surface area contributed by atoms with Crippen LogP contribution in [0.1, 0.15) is 37.7 Å². The highest BCUT2D eigenvalue weighted by Gasteiger charge is 2.38. The third-order valence-corrected chi connectivity index (χ3v) is 4.97. The summed E-state index contributed by atoms with van der Waals surface area (Å²) in [5.74, 6) is 0.236. The summed E-state index contributed by atoms with van der Waals surface area (Å²) in [6.07, 6.45) is 9.40. The van der Waals surface area contributed by atoms with Gasteiger partial charge in [0.1, 0.15) is 12.7 Å². The van der Waals surface area contributed by atoms with Crippen molar-refractivity contribution in [3.8, 4) is 0 Å². The van der Waals surface area contributed by atoms with Crippen LogP contribution >= 0.6 is 11.6 Å². The lowest BCUT2D eigenvalue weighted by Crippen LogP contribution is -2.42. The summed E-state index contributed by atoms with van der Waals surface area (Å²) in [5, 5.41) is 16.2. The van der Waals surface area contributed by atoms with Gasteiger partial charge in [-0.25, -0.2) is 4.98 Å². The molecule has 0 amide bonds. The molecule has 1 N–H and O–H groups in total. The van der Waals surface area contributed by atoms with Crippen molar-refractivity contribution in [2.24, 2.45) is 5.92 Å². The number of aliphatic hydroxyl groups is 1. The number of aromatic nitrogens is 3.